The number of rotatable bonds is 5. The van der Waals surface area contributed by atoms with Gasteiger partial charge in [0.1, 0.15) is 9.84 Å². The van der Waals surface area contributed by atoms with Crippen molar-refractivity contribution in [2.45, 2.75) is 19.9 Å². The summed E-state index contributed by atoms with van der Waals surface area (Å²) < 4.78 is 22.0. The Bertz CT molecular complexity index is 440. The van der Waals surface area contributed by atoms with Gasteiger partial charge in [-0.2, -0.15) is 0 Å². The lowest BCUT2D eigenvalue weighted by Gasteiger charge is -2.16. The van der Waals surface area contributed by atoms with Gasteiger partial charge in [0, 0.05) is 18.8 Å². The van der Waals surface area contributed by atoms with Crippen LogP contribution in [0.4, 0.5) is 0 Å². The Labute approximate surface area is 97.8 Å². The topological polar surface area (TPSA) is 46.2 Å². The molecule has 0 aromatic heterocycles. The first-order valence-corrected chi connectivity index (χ1v) is 7.43. The zero-order chi connectivity index (χ0) is 12.2. The van der Waals surface area contributed by atoms with Crippen molar-refractivity contribution >= 4 is 9.84 Å². The molecule has 1 aromatic rings. The van der Waals surface area contributed by atoms with Crippen molar-refractivity contribution in [2.75, 3.05) is 18.6 Å². The van der Waals surface area contributed by atoms with Gasteiger partial charge in [-0.3, -0.25) is 0 Å². The third kappa shape index (κ3) is 4.33. The van der Waals surface area contributed by atoms with Crippen LogP contribution in [0, 0.1) is 6.92 Å². The van der Waals surface area contributed by atoms with Crippen molar-refractivity contribution < 1.29 is 8.42 Å². The Balaban J connectivity index is 2.54. The average Bonchev–Trinajstić information content (AvgIpc) is 2.16. The van der Waals surface area contributed by atoms with Gasteiger partial charge in [-0.25, -0.2) is 8.42 Å². The maximum atomic E-state index is 11.0. The second kappa shape index (κ2) is 5.46. The predicted octanol–water partition coefficient (Wildman–Crippen LogP) is 1.69. The molecule has 0 aliphatic rings. The van der Waals surface area contributed by atoms with Crippen molar-refractivity contribution in [3.05, 3.63) is 35.4 Å². The zero-order valence-corrected chi connectivity index (χ0v) is 10.8. The second-order valence-electron chi connectivity index (χ2n) is 4.16. The molecular weight excluding hydrogens is 222 g/mol. The first-order chi connectivity index (χ1) is 7.40. The van der Waals surface area contributed by atoms with Gasteiger partial charge in [0.25, 0.3) is 0 Å². The zero-order valence-electron chi connectivity index (χ0n) is 10.0. The highest BCUT2D eigenvalue weighted by Gasteiger charge is 2.08. The van der Waals surface area contributed by atoms with Crippen LogP contribution in [-0.2, 0) is 9.84 Å². The molecule has 0 unspecified atom stereocenters. The van der Waals surface area contributed by atoms with E-state index in [1.807, 2.05) is 19.1 Å². The summed E-state index contributed by atoms with van der Waals surface area (Å²) in [6.07, 6.45) is 1.26. The lowest BCUT2D eigenvalue weighted by Crippen LogP contribution is -2.25. The summed E-state index contributed by atoms with van der Waals surface area (Å²) in [6.45, 7) is 4.60. The van der Waals surface area contributed by atoms with Gasteiger partial charge in [-0.15, -0.1) is 0 Å². The molecule has 1 aromatic carbocycles. The van der Waals surface area contributed by atoms with Gasteiger partial charge in [0.15, 0.2) is 0 Å². The third-order valence-corrected chi connectivity index (χ3v) is 3.52. The SMILES string of the molecule is Cc1ccccc1[C@H](C)NCCS(C)(=O)=O. The number of sulfone groups is 1. The maximum absolute atomic E-state index is 11.0. The lowest BCUT2D eigenvalue weighted by molar-refractivity contribution is 0.574. The summed E-state index contributed by atoms with van der Waals surface area (Å²) >= 11 is 0. The average molecular weight is 241 g/mol. The minimum atomic E-state index is -2.87. The minimum Gasteiger partial charge on any atom is -0.309 e. The van der Waals surface area contributed by atoms with Crippen LogP contribution in [0.1, 0.15) is 24.1 Å². The van der Waals surface area contributed by atoms with Crippen LogP contribution in [0.3, 0.4) is 0 Å². The van der Waals surface area contributed by atoms with Crippen LogP contribution in [0.15, 0.2) is 24.3 Å². The molecule has 0 amide bonds. The van der Waals surface area contributed by atoms with E-state index in [0.717, 1.165) is 0 Å². The lowest BCUT2D eigenvalue weighted by atomic mass is 10.0. The van der Waals surface area contributed by atoms with Crippen LogP contribution >= 0.6 is 0 Å². The molecule has 1 atom stereocenters. The van der Waals surface area contributed by atoms with Crippen molar-refractivity contribution in [3.63, 3.8) is 0 Å². The predicted molar refractivity (Wildman–Crippen MR) is 67.3 cm³/mol. The van der Waals surface area contributed by atoms with Crippen LogP contribution in [0.2, 0.25) is 0 Å². The number of benzene rings is 1. The largest absolute Gasteiger partial charge is 0.309 e. The Morgan fingerprint density at radius 3 is 2.50 bits per heavy atom. The van der Waals surface area contributed by atoms with Crippen molar-refractivity contribution in [1.82, 2.24) is 5.32 Å². The van der Waals surface area contributed by atoms with E-state index in [2.05, 4.69) is 24.4 Å². The molecule has 4 heteroatoms. The highest BCUT2D eigenvalue weighted by atomic mass is 32.2. The second-order valence-corrected chi connectivity index (χ2v) is 6.42. The van der Waals surface area contributed by atoms with E-state index < -0.39 is 9.84 Å². The minimum absolute atomic E-state index is 0.183. The Morgan fingerprint density at radius 2 is 1.94 bits per heavy atom. The van der Waals surface area contributed by atoms with Gasteiger partial charge in [-0.05, 0) is 25.0 Å². The third-order valence-electron chi connectivity index (χ3n) is 2.58. The smallest absolute Gasteiger partial charge is 0.148 e. The Kier molecular flexibility index (Phi) is 4.50. The first-order valence-electron chi connectivity index (χ1n) is 5.37. The number of aryl methyl sites for hydroxylation is 1. The van der Waals surface area contributed by atoms with E-state index in [1.165, 1.54) is 17.4 Å². The summed E-state index contributed by atoms with van der Waals surface area (Å²) in [5, 5.41) is 3.22. The molecule has 16 heavy (non-hydrogen) atoms. The summed E-state index contributed by atoms with van der Waals surface area (Å²) in [5.74, 6) is 0.184. The van der Waals surface area contributed by atoms with E-state index in [9.17, 15) is 8.42 Å². The number of hydrogen-bond donors (Lipinski definition) is 1. The molecule has 0 fully saturated rings. The van der Waals surface area contributed by atoms with Crippen LogP contribution < -0.4 is 5.32 Å². The summed E-state index contributed by atoms with van der Waals surface area (Å²) in [4.78, 5) is 0. The molecule has 1 rings (SSSR count). The number of hydrogen-bond acceptors (Lipinski definition) is 3. The van der Waals surface area contributed by atoms with Crippen molar-refractivity contribution in [3.8, 4) is 0 Å². The molecule has 0 heterocycles. The van der Waals surface area contributed by atoms with Crippen LogP contribution in [0.25, 0.3) is 0 Å². The van der Waals surface area contributed by atoms with Gasteiger partial charge >= 0.3 is 0 Å². The fourth-order valence-corrected chi connectivity index (χ4v) is 2.13. The molecule has 0 saturated carbocycles. The van der Waals surface area contributed by atoms with E-state index in [1.54, 1.807) is 0 Å². The highest BCUT2D eigenvalue weighted by molar-refractivity contribution is 7.90. The maximum Gasteiger partial charge on any atom is 0.148 e. The molecule has 1 N–H and O–H groups in total. The summed E-state index contributed by atoms with van der Waals surface area (Å²) in [7, 11) is -2.87. The first kappa shape index (κ1) is 13.2. The molecule has 0 saturated heterocycles. The summed E-state index contributed by atoms with van der Waals surface area (Å²) in [6, 6.07) is 8.30. The van der Waals surface area contributed by atoms with Gasteiger partial charge in [0.2, 0.25) is 0 Å². The van der Waals surface area contributed by atoms with Gasteiger partial charge in [0.05, 0.1) is 5.75 Å². The normalized spacial score (nSPS) is 13.7. The molecule has 0 bridgehead atoms. The van der Waals surface area contributed by atoms with Crippen molar-refractivity contribution in [1.29, 1.82) is 0 Å². The van der Waals surface area contributed by atoms with Gasteiger partial charge < -0.3 is 5.32 Å². The monoisotopic (exact) mass is 241 g/mol. The quantitative estimate of drug-likeness (QED) is 0.853. The Hall–Kier alpha value is -0.870. The fourth-order valence-electron chi connectivity index (χ4n) is 1.64. The standard InChI is InChI=1S/C12H19NO2S/c1-10-6-4-5-7-12(10)11(2)13-8-9-16(3,14)15/h4-7,11,13H,8-9H2,1-3H3/t11-/m0/s1. The molecule has 0 spiro atoms. The number of nitrogens with one attached hydrogen (secondary N) is 1. The fraction of sp³-hybridized carbons (Fsp3) is 0.500. The molecular formula is C12H19NO2S. The van der Waals surface area contributed by atoms with Crippen molar-refractivity contribution in [2.24, 2.45) is 0 Å². The molecule has 0 radical (unpaired) electrons. The van der Waals surface area contributed by atoms with E-state index in [0.29, 0.717) is 6.54 Å². The van der Waals surface area contributed by atoms with Crippen LogP contribution in [-0.4, -0.2) is 27.0 Å². The Morgan fingerprint density at radius 1 is 1.31 bits per heavy atom. The molecule has 90 valence electrons. The van der Waals surface area contributed by atoms with E-state index >= 15 is 0 Å². The van der Waals surface area contributed by atoms with E-state index in [-0.39, 0.29) is 11.8 Å². The molecule has 0 aliphatic heterocycles. The van der Waals surface area contributed by atoms with Crippen LogP contribution in [0.5, 0.6) is 0 Å². The molecule has 3 nitrogen and oxygen atoms in total. The van der Waals surface area contributed by atoms with Gasteiger partial charge in [-0.1, -0.05) is 24.3 Å². The highest BCUT2D eigenvalue weighted by Crippen LogP contribution is 2.16. The summed E-state index contributed by atoms with van der Waals surface area (Å²) in [5.41, 5.74) is 2.44. The molecule has 0 aliphatic carbocycles. The van der Waals surface area contributed by atoms with E-state index in [4.69, 9.17) is 0 Å².